The molecule has 0 bridgehead atoms. The van der Waals surface area contributed by atoms with Crippen molar-refractivity contribution in [2.24, 2.45) is 5.92 Å². The maximum atomic E-state index is 14.4. The quantitative estimate of drug-likeness (QED) is 0.240. The first-order valence-electron chi connectivity index (χ1n) is 12.7. The number of esters is 2. The van der Waals surface area contributed by atoms with Gasteiger partial charge in [-0.2, -0.15) is 13.2 Å². The molecule has 8 heteroatoms. The molecule has 38 heavy (non-hydrogen) atoms. The van der Waals surface area contributed by atoms with Crippen LogP contribution in [0.4, 0.5) is 13.2 Å². The molecule has 206 valence electrons. The molecule has 1 saturated heterocycles. The highest BCUT2D eigenvalue weighted by molar-refractivity contribution is 5.90. The van der Waals surface area contributed by atoms with E-state index in [2.05, 4.69) is 12.7 Å². The molecule has 0 unspecified atom stereocenters. The molecule has 0 saturated carbocycles. The van der Waals surface area contributed by atoms with Gasteiger partial charge in [-0.15, -0.1) is 0 Å². The lowest BCUT2D eigenvalue weighted by molar-refractivity contribution is -0.277. The molecule has 1 heterocycles. The van der Waals surface area contributed by atoms with Gasteiger partial charge in [-0.3, -0.25) is 0 Å². The van der Waals surface area contributed by atoms with E-state index in [9.17, 15) is 22.8 Å². The number of fused-ring (bicyclic) bond motifs is 1. The van der Waals surface area contributed by atoms with Crippen molar-refractivity contribution in [3.8, 4) is 0 Å². The van der Waals surface area contributed by atoms with Crippen molar-refractivity contribution in [3.05, 3.63) is 83.0 Å². The Labute approximate surface area is 222 Å². The second-order valence-corrected chi connectivity index (χ2v) is 10.1. The molecule has 0 N–H and O–H groups in total. The van der Waals surface area contributed by atoms with Crippen LogP contribution >= 0.6 is 0 Å². The Morgan fingerprint density at radius 1 is 1.03 bits per heavy atom. The first kappa shape index (κ1) is 29.4. The summed E-state index contributed by atoms with van der Waals surface area (Å²) in [6.45, 7) is 9.56. The van der Waals surface area contributed by atoms with Gasteiger partial charge >= 0.3 is 18.1 Å². The number of carbonyl (C=O) groups is 2. The molecule has 0 amide bonds. The molecule has 0 spiro atoms. The summed E-state index contributed by atoms with van der Waals surface area (Å²) in [4.78, 5) is 25.5. The maximum absolute atomic E-state index is 14.4. The van der Waals surface area contributed by atoms with Crippen molar-refractivity contribution in [3.63, 3.8) is 0 Å². The lowest BCUT2D eigenvalue weighted by Gasteiger charge is -2.33. The predicted octanol–water partition coefficient (Wildman–Crippen LogP) is 6.90. The van der Waals surface area contributed by atoms with Gasteiger partial charge < -0.3 is 14.2 Å². The molecule has 1 aromatic rings. The summed E-state index contributed by atoms with van der Waals surface area (Å²) in [6, 6.07) is 6.75. The van der Waals surface area contributed by atoms with Crippen LogP contribution in [0, 0.1) is 5.92 Å². The number of benzene rings is 1. The number of hydrogen-bond donors (Lipinski definition) is 0. The van der Waals surface area contributed by atoms with Gasteiger partial charge in [0.1, 0.15) is 12.2 Å². The normalized spacial score (nSPS) is 29.2. The van der Waals surface area contributed by atoms with Gasteiger partial charge in [0, 0.05) is 37.0 Å². The molecule has 0 radical (unpaired) electrons. The molecular formula is C30H35F3O5. The van der Waals surface area contributed by atoms with E-state index in [0.717, 1.165) is 36.7 Å². The number of carbonyl (C=O) groups excluding carboxylic acids is 2. The van der Waals surface area contributed by atoms with Gasteiger partial charge in [0.05, 0.1) is 0 Å². The van der Waals surface area contributed by atoms with E-state index in [1.54, 1.807) is 19.1 Å². The Hall–Kier alpha value is -3.13. The summed E-state index contributed by atoms with van der Waals surface area (Å²) in [5, 5.41) is 0. The van der Waals surface area contributed by atoms with E-state index in [-0.39, 0.29) is 17.9 Å². The molecule has 4 atom stereocenters. The minimum absolute atomic E-state index is 0.202. The molecule has 0 aromatic heterocycles. The van der Waals surface area contributed by atoms with E-state index in [1.807, 2.05) is 19.9 Å². The van der Waals surface area contributed by atoms with Crippen molar-refractivity contribution in [1.29, 1.82) is 0 Å². The fourth-order valence-corrected chi connectivity index (χ4v) is 4.97. The first-order valence-corrected chi connectivity index (χ1v) is 12.7. The molecule has 1 aromatic carbocycles. The lowest BCUT2D eigenvalue weighted by atomic mass is 9.88. The van der Waals surface area contributed by atoms with Crippen LogP contribution in [0.1, 0.15) is 58.4 Å². The fourth-order valence-electron chi connectivity index (χ4n) is 4.97. The van der Waals surface area contributed by atoms with E-state index in [4.69, 9.17) is 14.2 Å². The van der Waals surface area contributed by atoms with Crippen molar-refractivity contribution in [2.45, 2.75) is 76.9 Å². The Balaban J connectivity index is 1.98. The largest absolute Gasteiger partial charge is 0.458 e. The van der Waals surface area contributed by atoms with Gasteiger partial charge in [-0.05, 0) is 46.1 Å². The van der Waals surface area contributed by atoms with E-state index in [1.165, 1.54) is 24.3 Å². The van der Waals surface area contributed by atoms with Crippen LogP contribution in [-0.4, -0.2) is 37.4 Å². The van der Waals surface area contributed by atoms with E-state index >= 15 is 0 Å². The molecular weight excluding hydrogens is 497 g/mol. The average Bonchev–Trinajstić information content (AvgIpc) is 3.09. The highest BCUT2D eigenvalue weighted by atomic mass is 19.4. The van der Waals surface area contributed by atoms with Crippen molar-refractivity contribution in [2.75, 3.05) is 7.11 Å². The first-order chi connectivity index (χ1) is 17.9. The van der Waals surface area contributed by atoms with Crippen LogP contribution in [0.15, 0.2) is 77.4 Å². The van der Waals surface area contributed by atoms with E-state index in [0.29, 0.717) is 18.4 Å². The lowest BCUT2D eigenvalue weighted by Crippen LogP contribution is -2.52. The Morgan fingerprint density at radius 2 is 1.71 bits per heavy atom. The molecule has 1 aliphatic heterocycles. The van der Waals surface area contributed by atoms with Crippen LogP contribution in [0.5, 0.6) is 0 Å². The van der Waals surface area contributed by atoms with Gasteiger partial charge in [-0.1, -0.05) is 65.8 Å². The third kappa shape index (κ3) is 6.46. The minimum atomic E-state index is -5.07. The fraction of sp³-hybridized carbons (Fsp3) is 0.467. The number of halogens is 3. The van der Waals surface area contributed by atoms with Crippen molar-refractivity contribution in [1.82, 2.24) is 0 Å². The average molecular weight is 533 g/mol. The van der Waals surface area contributed by atoms with Crippen LogP contribution < -0.4 is 0 Å². The number of ether oxygens (including phenoxy) is 3. The van der Waals surface area contributed by atoms with Crippen LogP contribution in [-0.2, 0) is 29.4 Å². The van der Waals surface area contributed by atoms with Crippen LogP contribution in [0.2, 0.25) is 0 Å². The topological polar surface area (TPSA) is 61.8 Å². The second-order valence-electron chi connectivity index (χ2n) is 10.1. The summed E-state index contributed by atoms with van der Waals surface area (Å²) in [6.07, 6.45) is 1.88. The Morgan fingerprint density at radius 3 is 2.34 bits per heavy atom. The second kappa shape index (κ2) is 12.2. The zero-order chi connectivity index (χ0) is 28.1. The minimum Gasteiger partial charge on any atom is -0.458 e. The van der Waals surface area contributed by atoms with Gasteiger partial charge in [0.15, 0.2) is 0 Å². The summed E-state index contributed by atoms with van der Waals surface area (Å²) < 4.78 is 59.2. The Kier molecular flexibility index (Phi) is 9.41. The van der Waals surface area contributed by atoms with Crippen LogP contribution in [0.3, 0.4) is 0 Å². The summed E-state index contributed by atoms with van der Waals surface area (Å²) >= 11 is 0. The van der Waals surface area contributed by atoms with Gasteiger partial charge in [0.2, 0.25) is 0 Å². The Bertz CT molecular complexity index is 1130. The van der Waals surface area contributed by atoms with Crippen molar-refractivity contribution >= 4 is 11.9 Å². The van der Waals surface area contributed by atoms with E-state index < -0.39 is 35.9 Å². The highest BCUT2D eigenvalue weighted by Gasteiger charge is 2.64. The molecule has 2 aliphatic rings. The smallest absolute Gasteiger partial charge is 0.432 e. The predicted molar refractivity (Wildman–Crippen MR) is 138 cm³/mol. The molecule has 5 nitrogen and oxygen atoms in total. The molecule has 1 aliphatic carbocycles. The number of alkyl halides is 3. The summed E-state index contributed by atoms with van der Waals surface area (Å²) in [5.41, 5.74) is -0.472. The zero-order valence-electron chi connectivity index (χ0n) is 22.3. The standard InChI is InChI=1S/C30H35F3O5/c1-19-10-9-11-20(2)16-24(17-21(3)18-26-25(15-14-19)22(4)27(34)38-26)37-28(35)29(36-5,30(31,32)33)23-12-7-6-8-13-23/h6-8,11-14,17,24-26H,4,9-10,15-16,18H2,1-3,5H3/b19-14+,20-11+,21-17+/t24-,25+,26-,29-/m0/s1. The third-order valence-electron chi connectivity index (χ3n) is 7.12. The molecule has 3 rings (SSSR count). The maximum Gasteiger partial charge on any atom is 0.432 e. The number of rotatable bonds is 4. The van der Waals surface area contributed by atoms with Gasteiger partial charge in [-0.25, -0.2) is 9.59 Å². The zero-order valence-corrected chi connectivity index (χ0v) is 22.3. The van der Waals surface area contributed by atoms with Gasteiger partial charge in [0.25, 0.3) is 5.60 Å². The number of methoxy groups -OCH3 is 1. The highest BCUT2D eigenvalue weighted by Crippen LogP contribution is 2.43. The number of allylic oxidation sites excluding steroid dienone is 3. The monoisotopic (exact) mass is 532 g/mol. The third-order valence-corrected chi connectivity index (χ3v) is 7.12. The number of hydrogen-bond acceptors (Lipinski definition) is 5. The SMILES string of the molecule is C=C1C(=O)O[C@H]2C/C(C)=C/[C@@H](OC(=O)[C@@](OC)(c3ccccc3)C(F)(F)F)C/C(C)=C/CC/C(C)=C/C[C@H]12. The summed E-state index contributed by atoms with van der Waals surface area (Å²) in [5.74, 6) is -2.19. The summed E-state index contributed by atoms with van der Waals surface area (Å²) in [7, 11) is 0.846. The van der Waals surface area contributed by atoms with Crippen LogP contribution in [0.25, 0.3) is 0 Å². The molecule has 1 fully saturated rings. The van der Waals surface area contributed by atoms with Crippen molar-refractivity contribution < 1.29 is 37.0 Å².